The summed E-state index contributed by atoms with van der Waals surface area (Å²) in [6.07, 6.45) is 0.533. The normalized spacial score (nSPS) is 10.4. The summed E-state index contributed by atoms with van der Waals surface area (Å²) < 4.78 is 25.9. The SMILES string of the molecule is O=C(O)CCCNCc1cccc(F)c1F. The lowest BCUT2D eigenvalue weighted by Crippen LogP contribution is -2.16. The van der Waals surface area contributed by atoms with Crippen molar-refractivity contribution in [2.24, 2.45) is 0 Å². The van der Waals surface area contributed by atoms with Crippen molar-refractivity contribution in [1.29, 1.82) is 0 Å². The van der Waals surface area contributed by atoms with Crippen LogP contribution < -0.4 is 5.32 Å². The van der Waals surface area contributed by atoms with Crippen LogP contribution in [0, 0.1) is 11.6 Å². The Hall–Kier alpha value is -1.49. The van der Waals surface area contributed by atoms with Crippen LogP contribution >= 0.6 is 0 Å². The van der Waals surface area contributed by atoms with E-state index < -0.39 is 17.6 Å². The first kappa shape index (κ1) is 12.6. The summed E-state index contributed by atoms with van der Waals surface area (Å²) in [6.45, 7) is 0.658. The Kier molecular flexibility index (Phi) is 4.85. The lowest BCUT2D eigenvalue weighted by atomic mass is 10.2. The zero-order chi connectivity index (χ0) is 12.0. The number of hydrogen-bond donors (Lipinski definition) is 2. The topological polar surface area (TPSA) is 49.3 Å². The maximum absolute atomic E-state index is 13.1. The van der Waals surface area contributed by atoms with Crippen molar-refractivity contribution >= 4 is 5.97 Å². The molecule has 0 fully saturated rings. The molecule has 0 heterocycles. The molecule has 0 saturated heterocycles. The van der Waals surface area contributed by atoms with Gasteiger partial charge in [-0.25, -0.2) is 8.78 Å². The van der Waals surface area contributed by atoms with Crippen LogP contribution in [-0.4, -0.2) is 17.6 Å². The highest BCUT2D eigenvalue weighted by Gasteiger charge is 2.06. The van der Waals surface area contributed by atoms with Crippen LogP contribution in [0.5, 0.6) is 0 Å². The predicted octanol–water partition coefficient (Wildman–Crippen LogP) is 1.92. The molecule has 2 N–H and O–H groups in total. The summed E-state index contributed by atoms with van der Waals surface area (Å²) in [5, 5.41) is 11.2. The quantitative estimate of drug-likeness (QED) is 0.733. The molecule has 0 aromatic heterocycles. The number of hydrogen-bond acceptors (Lipinski definition) is 2. The van der Waals surface area contributed by atoms with E-state index in [0.717, 1.165) is 6.07 Å². The Morgan fingerprint density at radius 1 is 1.38 bits per heavy atom. The number of rotatable bonds is 6. The molecule has 88 valence electrons. The van der Waals surface area contributed by atoms with Crippen molar-refractivity contribution in [3.8, 4) is 0 Å². The van der Waals surface area contributed by atoms with Crippen molar-refractivity contribution in [3.63, 3.8) is 0 Å². The Labute approximate surface area is 92.1 Å². The van der Waals surface area contributed by atoms with Crippen LogP contribution in [0.2, 0.25) is 0 Å². The van der Waals surface area contributed by atoms with Crippen LogP contribution in [0.4, 0.5) is 8.78 Å². The lowest BCUT2D eigenvalue weighted by Gasteiger charge is -2.05. The van der Waals surface area contributed by atoms with Gasteiger partial charge in [0.1, 0.15) is 0 Å². The summed E-state index contributed by atoms with van der Waals surface area (Å²) in [5.74, 6) is -2.59. The van der Waals surface area contributed by atoms with Crippen molar-refractivity contribution < 1.29 is 18.7 Å². The van der Waals surface area contributed by atoms with Crippen molar-refractivity contribution in [1.82, 2.24) is 5.32 Å². The Morgan fingerprint density at radius 3 is 2.81 bits per heavy atom. The second-order valence-corrected chi connectivity index (χ2v) is 3.39. The molecule has 5 heteroatoms. The molecule has 0 amide bonds. The molecule has 0 aliphatic carbocycles. The maximum atomic E-state index is 13.1. The molecule has 0 saturated carbocycles. The highest BCUT2D eigenvalue weighted by molar-refractivity contribution is 5.66. The average molecular weight is 229 g/mol. The summed E-state index contributed by atoms with van der Waals surface area (Å²) in [5.41, 5.74) is 0.246. The first-order valence-electron chi connectivity index (χ1n) is 4.96. The number of carbonyl (C=O) groups is 1. The lowest BCUT2D eigenvalue weighted by molar-refractivity contribution is -0.137. The first-order chi connectivity index (χ1) is 7.61. The predicted molar refractivity (Wildman–Crippen MR) is 54.9 cm³/mol. The van der Waals surface area contributed by atoms with E-state index in [2.05, 4.69) is 5.32 Å². The summed E-state index contributed by atoms with van der Waals surface area (Å²) in [4.78, 5) is 10.2. The molecular formula is C11H13F2NO2. The molecule has 1 rings (SSSR count). The van der Waals surface area contributed by atoms with Gasteiger partial charge in [-0.05, 0) is 19.0 Å². The molecule has 1 aromatic rings. The van der Waals surface area contributed by atoms with Crippen molar-refractivity contribution in [3.05, 3.63) is 35.4 Å². The number of benzene rings is 1. The molecule has 0 spiro atoms. The van der Waals surface area contributed by atoms with E-state index in [1.807, 2.05) is 0 Å². The van der Waals surface area contributed by atoms with E-state index in [-0.39, 0.29) is 18.5 Å². The first-order valence-corrected chi connectivity index (χ1v) is 4.96. The number of halogens is 2. The largest absolute Gasteiger partial charge is 0.481 e. The molecular weight excluding hydrogens is 216 g/mol. The number of nitrogens with one attached hydrogen (secondary N) is 1. The van der Waals surface area contributed by atoms with Gasteiger partial charge in [0.25, 0.3) is 0 Å². The van der Waals surface area contributed by atoms with Gasteiger partial charge in [-0.2, -0.15) is 0 Å². The van der Waals surface area contributed by atoms with E-state index in [0.29, 0.717) is 13.0 Å². The number of carboxylic acids is 1. The van der Waals surface area contributed by atoms with E-state index in [1.165, 1.54) is 12.1 Å². The third-order valence-electron chi connectivity index (χ3n) is 2.09. The van der Waals surface area contributed by atoms with Gasteiger partial charge in [-0.1, -0.05) is 12.1 Å². The molecule has 1 aromatic carbocycles. The van der Waals surface area contributed by atoms with Gasteiger partial charge in [-0.15, -0.1) is 0 Å². The zero-order valence-corrected chi connectivity index (χ0v) is 8.67. The van der Waals surface area contributed by atoms with E-state index in [4.69, 9.17) is 5.11 Å². The van der Waals surface area contributed by atoms with E-state index in [9.17, 15) is 13.6 Å². The molecule has 16 heavy (non-hydrogen) atoms. The van der Waals surface area contributed by atoms with Crippen LogP contribution in [0.3, 0.4) is 0 Å². The van der Waals surface area contributed by atoms with Crippen LogP contribution in [0.25, 0.3) is 0 Å². The minimum atomic E-state index is -0.871. The highest BCUT2D eigenvalue weighted by Crippen LogP contribution is 2.10. The fourth-order valence-corrected chi connectivity index (χ4v) is 1.27. The standard InChI is InChI=1S/C11H13F2NO2/c12-9-4-1-3-8(11(9)13)7-14-6-2-5-10(15)16/h1,3-4,14H,2,5-7H2,(H,15,16). The molecule has 0 unspecified atom stereocenters. The fraction of sp³-hybridized carbons (Fsp3) is 0.364. The molecule has 0 aliphatic heterocycles. The number of aliphatic carboxylic acids is 1. The van der Waals surface area contributed by atoms with E-state index in [1.54, 1.807) is 0 Å². The van der Waals surface area contributed by atoms with Gasteiger partial charge in [-0.3, -0.25) is 4.79 Å². The minimum absolute atomic E-state index is 0.0681. The van der Waals surface area contributed by atoms with Gasteiger partial charge in [0.2, 0.25) is 0 Å². The Morgan fingerprint density at radius 2 is 2.12 bits per heavy atom. The average Bonchev–Trinajstić information content (AvgIpc) is 2.23. The molecule has 3 nitrogen and oxygen atoms in total. The monoisotopic (exact) mass is 229 g/mol. The summed E-state index contributed by atoms with van der Waals surface area (Å²) >= 11 is 0. The van der Waals surface area contributed by atoms with Gasteiger partial charge in [0.05, 0.1) is 0 Å². The third kappa shape index (κ3) is 3.94. The van der Waals surface area contributed by atoms with Crippen molar-refractivity contribution in [2.45, 2.75) is 19.4 Å². The highest BCUT2D eigenvalue weighted by atomic mass is 19.2. The second kappa shape index (κ2) is 6.17. The summed E-state index contributed by atoms with van der Waals surface area (Å²) in [6, 6.07) is 3.98. The van der Waals surface area contributed by atoms with Gasteiger partial charge in [0.15, 0.2) is 11.6 Å². The fourth-order valence-electron chi connectivity index (χ4n) is 1.27. The Balaban J connectivity index is 2.32. The third-order valence-corrected chi connectivity index (χ3v) is 2.09. The molecule has 0 bridgehead atoms. The summed E-state index contributed by atoms with van der Waals surface area (Å²) in [7, 11) is 0. The van der Waals surface area contributed by atoms with Crippen LogP contribution in [0.15, 0.2) is 18.2 Å². The Bertz CT molecular complexity index is 369. The minimum Gasteiger partial charge on any atom is -0.481 e. The van der Waals surface area contributed by atoms with Gasteiger partial charge >= 0.3 is 5.97 Å². The molecule has 0 aliphatic rings. The zero-order valence-electron chi connectivity index (χ0n) is 8.67. The molecule has 0 atom stereocenters. The number of carboxylic acid groups (broad SMARTS) is 1. The maximum Gasteiger partial charge on any atom is 0.303 e. The van der Waals surface area contributed by atoms with Crippen molar-refractivity contribution in [2.75, 3.05) is 6.54 Å². The van der Waals surface area contributed by atoms with Crippen LogP contribution in [0.1, 0.15) is 18.4 Å². The van der Waals surface area contributed by atoms with Crippen LogP contribution in [-0.2, 0) is 11.3 Å². The smallest absolute Gasteiger partial charge is 0.303 e. The van der Waals surface area contributed by atoms with Gasteiger partial charge < -0.3 is 10.4 Å². The van der Waals surface area contributed by atoms with Gasteiger partial charge in [0, 0.05) is 18.5 Å². The second-order valence-electron chi connectivity index (χ2n) is 3.39. The van der Waals surface area contributed by atoms with E-state index >= 15 is 0 Å². The molecule has 0 radical (unpaired) electrons.